The van der Waals surface area contributed by atoms with Crippen LogP contribution in [-0.4, -0.2) is 92.7 Å². The number of carbonyl (C=O) groups is 4. The number of unbranched alkanes of at least 4 members (excludes halogenated alkanes) is 1. The molecular weight excluding hydrogens is 492 g/mol. The Labute approximate surface area is 216 Å². The minimum atomic E-state index is -1.13. The molecule has 0 saturated carbocycles. The molecule has 1 aromatic rings. The van der Waals surface area contributed by atoms with Crippen molar-refractivity contribution in [2.24, 2.45) is 10.8 Å². The Kier molecular flexibility index (Phi) is 18.6. The Bertz CT molecular complexity index is 784. The lowest BCUT2D eigenvalue weighted by molar-refractivity contribution is -0.148. The van der Waals surface area contributed by atoms with E-state index in [1.54, 1.807) is 13.8 Å². The molecule has 0 heterocycles. The highest BCUT2D eigenvalue weighted by Gasteiger charge is 2.25. The van der Waals surface area contributed by atoms with Gasteiger partial charge in [0.25, 0.3) is 0 Å². The van der Waals surface area contributed by atoms with Crippen LogP contribution in [0, 0.1) is 10.8 Å². The number of esters is 1. The Hall–Kier alpha value is -3.06. The van der Waals surface area contributed by atoms with Crippen LogP contribution < -0.4 is 0 Å². The number of ether oxygens (including phenoxy) is 1. The van der Waals surface area contributed by atoms with E-state index in [1.165, 1.54) is 18.2 Å². The third-order valence-corrected chi connectivity index (χ3v) is 5.19. The highest BCUT2D eigenvalue weighted by atomic mass is 16.5. The van der Waals surface area contributed by atoms with E-state index in [1.807, 2.05) is 6.92 Å². The lowest BCUT2D eigenvalue weighted by Gasteiger charge is -2.24. The molecule has 37 heavy (non-hydrogen) atoms. The molecular formula is C25H40O12. The molecule has 7 N–H and O–H groups in total. The van der Waals surface area contributed by atoms with Gasteiger partial charge in [0.15, 0.2) is 0 Å². The van der Waals surface area contributed by atoms with Gasteiger partial charge in [-0.2, -0.15) is 0 Å². The van der Waals surface area contributed by atoms with E-state index in [0.717, 1.165) is 6.07 Å². The van der Waals surface area contributed by atoms with Gasteiger partial charge in [0.1, 0.15) is 0 Å². The maximum absolute atomic E-state index is 11.2. The van der Waals surface area contributed by atoms with Crippen LogP contribution in [0.2, 0.25) is 0 Å². The Morgan fingerprint density at radius 1 is 0.784 bits per heavy atom. The van der Waals surface area contributed by atoms with Gasteiger partial charge in [0, 0.05) is 23.7 Å². The summed E-state index contributed by atoms with van der Waals surface area (Å²) in [4.78, 5) is 42.2. The van der Waals surface area contributed by atoms with E-state index in [9.17, 15) is 19.2 Å². The summed E-state index contributed by atoms with van der Waals surface area (Å²) in [6, 6.07) is 5.20. The van der Waals surface area contributed by atoms with Gasteiger partial charge in [-0.15, -0.1) is 0 Å². The number of hydrogen-bond donors (Lipinski definition) is 7. The standard InChI is InChI=1S/C11H20O5.C8H6O4.C6H14O3/c1-11(2,7-12)8-16-10(15)6-4-3-5-9(13)14;9-7(10)5-2-1-3-6(4-5)8(11)12;1-2-6(3-7,4-8)5-9/h12H,3-8H2,1-2H3,(H,13,14);1-4H,(H,9,10)(H,11,12);7-9H,2-5H2,1H3. The molecule has 0 aliphatic heterocycles. The lowest BCUT2D eigenvalue weighted by atomic mass is 9.88. The lowest BCUT2D eigenvalue weighted by Crippen LogP contribution is -2.32. The van der Waals surface area contributed by atoms with Crippen LogP contribution in [0.4, 0.5) is 0 Å². The van der Waals surface area contributed by atoms with Gasteiger partial charge in [-0.3, -0.25) is 9.59 Å². The first kappa shape index (κ1) is 36.1. The molecule has 0 saturated heterocycles. The van der Waals surface area contributed by atoms with Gasteiger partial charge in [-0.25, -0.2) is 9.59 Å². The summed E-state index contributed by atoms with van der Waals surface area (Å²) in [6.45, 7) is 5.09. The molecule has 0 amide bonds. The molecule has 0 spiro atoms. The quantitative estimate of drug-likeness (QED) is 0.134. The maximum Gasteiger partial charge on any atom is 0.335 e. The van der Waals surface area contributed by atoms with E-state index in [-0.39, 0.29) is 63.0 Å². The van der Waals surface area contributed by atoms with Crippen molar-refractivity contribution in [1.29, 1.82) is 0 Å². The summed E-state index contributed by atoms with van der Waals surface area (Å²) < 4.78 is 4.96. The molecule has 1 aromatic carbocycles. The number of carboxylic acid groups (broad SMARTS) is 3. The largest absolute Gasteiger partial charge is 0.481 e. The Morgan fingerprint density at radius 2 is 1.24 bits per heavy atom. The fraction of sp³-hybridized carbons (Fsp3) is 0.600. The van der Waals surface area contributed by atoms with Crippen molar-refractivity contribution in [3.8, 4) is 0 Å². The van der Waals surface area contributed by atoms with E-state index in [0.29, 0.717) is 19.3 Å². The van der Waals surface area contributed by atoms with Crippen molar-refractivity contribution < 1.29 is 59.7 Å². The molecule has 0 aromatic heterocycles. The number of aliphatic hydroxyl groups is 4. The Balaban J connectivity index is 0. The van der Waals surface area contributed by atoms with E-state index in [2.05, 4.69) is 0 Å². The average molecular weight is 533 g/mol. The van der Waals surface area contributed by atoms with Crippen LogP contribution in [0.1, 0.15) is 73.6 Å². The minimum absolute atomic E-state index is 0.0186. The van der Waals surface area contributed by atoms with E-state index < -0.39 is 28.7 Å². The fourth-order valence-corrected chi connectivity index (χ4v) is 2.21. The number of aromatic carboxylic acids is 2. The number of aliphatic hydroxyl groups excluding tert-OH is 4. The van der Waals surface area contributed by atoms with E-state index in [4.69, 9.17) is 40.5 Å². The smallest absolute Gasteiger partial charge is 0.335 e. The SMILES string of the molecule is CC(C)(CO)COC(=O)CCCCC(=O)O.CCC(CO)(CO)CO.O=C(O)c1cccc(C(=O)O)c1. The van der Waals surface area contributed by atoms with E-state index >= 15 is 0 Å². The average Bonchev–Trinajstić information content (AvgIpc) is 2.88. The zero-order chi connectivity index (χ0) is 29.1. The first-order valence-corrected chi connectivity index (χ1v) is 11.6. The maximum atomic E-state index is 11.2. The molecule has 0 radical (unpaired) electrons. The van der Waals surface area contributed by atoms with Crippen molar-refractivity contribution in [2.75, 3.05) is 33.0 Å². The molecule has 0 aliphatic rings. The first-order chi connectivity index (χ1) is 17.2. The minimum Gasteiger partial charge on any atom is -0.481 e. The number of carbonyl (C=O) groups excluding carboxylic acids is 1. The van der Waals surface area contributed by atoms with Crippen molar-refractivity contribution in [3.63, 3.8) is 0 Å². The van der Waals surface area contributed by atoms with Crippen LogP contribution >= 0.6 is 0 Å². The highest BCUT2D eigenvalue weighted by molar-refractivity contribution is 5.93. The second kappa shape index (κ2) is 19.1. The number of aliphatic carboxylic acids is 1. The first-order valence-electron chi connectivity index (χ1n) is 11.6. The normalized spacial score (nSPS) is 10.8. The highest BCUT2D eigenvalue weighted by Crippen LogP contribution is 2.18. The van der Waals surface area contributed by atoms with Crippen molar-refractivity contribution in [2.45, 2.75) is 52.9 Å². The zero-order valence-electron chi connectivity index (χ0n) is 21.6. The summed E-state index contributed by atoms with van der Waals surface area (Å²) in [5.41, 5.74) is -1.12. The van der Waals surface area contributed by atoms with Crippen molar-refractivity contribution >= 4 is 23.9 Å². The van der Waals surface area contributed by atoms with Crippen LogP contribution in [0.5, 0.6) is 0 Å². The summed E-state index contributed by atoms with van der Waals surface area (Å²) in [6.07, 6.45) is 1.90. The molecule has 0 atom stereocenters. The summed E-state index contributed by atoms with van der Waals surface area (Å²) in [5.74, 6) is -3.45. The second-order valence-electron chi connectivity index (χ2n) is 9.10. The predicted molar refractivity (Wildman–Crippen MR) is 132 cm³/mol. The molecule has 12 nitrogen and oxygen atoms in total. The summed E-state index contributed by atoms with van der Waals surface area (Å²) in [7, 11) is 0. The molecule has 12 heteroatoms. The van der Waals surface area contributed by atoms with Gasteiger partial charge in [0.05, 0.1) is 44.2 Å². The molecule has 0 unspecified atom stereocenters. The van der Waals surface area contributed by atoms with Crippen LogP contribution in [0.25, 0.3) is 0 Å². The van der Waals surface area contributed by atoms with Crippen molar-refractivity contribution in [1.82, 2.24) is 0 Å². The van der Waals surface area contributed by atoms with Crippen LogP contribution in [-0.2, 0) is 14.3 Å². The third kappa shape index (κ3) is 17.1. The predicted octanol–water partition coefficient (Wildman–Crippen LogP) is 1.64. The van der Waals surface area contributed by atoms with Crippen molar-refractivity contribution in [3.05, 3.63) is 35.4 Å². The number of carboxylic acids is 3. The molecule has 1 rings (SSSR count). The zero-order valence-corrected chi connectivity index (χ0v) is 21.6. The number of rotatable bonds is 14. The van der Waals surface area contributed by atoms with Gasteiger partial charge in [0.2, 0.25) is 0 Å². The molecule has 0 bridgehead atoms. The van der Waals surface area contributed by atoms with Gasteiger partial charge in [-0.1, -0.05) is 26.8 Å². The van der Waals surface area contributed by atoms with Crippen LogP contribution in [0.15, 0.2) is 24.3 Å². The van der Waals surface area contributed by atoms with Gasteiger partial charge >= 0.3 is 23.9 Å². The fourth-order valence-electron chi connectivity index (χ4n) is 2.21. The molecule has 0 aliphatic carbocycles. The molecule has 212 valence electrons. The monoisotopic (exact) mass is 532 g/mol. The summed E-state index contributed by atoms with van der Waals surface area (Å²) >= 11 is 0. The topological polar surface area (TPSA) is 219 Å². The molecule has 0 fully saturated rings. The van der Waals surface area contributed by atoms with Gasteiger partial charge in [-0.05, 0) is 37.5 Å². The van der Waals surface area contributed by atoms with Gasteiger partial charge < -0.3 is 40.5 Å². The number of hydrogen-bond acceptors (Lipinski definition) is 9. The Morgan fingerprint density at radius 3 is 1.57 bits per heavy atom. The summed E-state index contributed by atoms with van der Waals surface area (Å²) in [5, 5.41) is 60.3. The third-order valence-electron chi connectivity index (χ3n) is 5.19. The number of benzene rings is 1. The second-order valence-corrected chi connectivity index (χ2v) is 9.10. The van der Waals surface area contributed by atoms with Crippen LogP contribution in [0.3, 0.4) is 0 Å².